The predicted molar refractivity (Wildman–Crippen MR) is 55.4 cm³/mol. The maximum atomic E-state index is 11.1. The molecule has 0 fully saturated rings. The van der Waals surface area contributed by atoms with Gasteiger partial charge in [0.25, 0.3) is 5.91 Å². The molecule has 0 aliphatic carbocycles. The van der Waals surface area contributed by atoms with Crippen molar-refractivity contribution in [2.75, 3.05) is 5.32 Å². The first-order valence-corrected chi connectivity index (χ1v) is 5.16. The van der Waals surface area contributed by atoms with Crippen LogP contribution in [0.25, 0.3) is 0 Å². The zero-order chi connectivity index (χ0) is 9.59. The molecule has 1 heterocycles. The van der Waals surface area contributed by atoms with E-state index in [1.807, 2.05) is 6.07 Å². The maximum absolute atomic E-state index is 11.1. The number of hydrogen-bond acceptors (Lipinski definition) is 2. The number of aliphatic hydroxyl groups is 1. The number of benzene rings is 1. The van der Waals surface area contributed by atoms with Gasteiger partial charge in [-0.2, -0.15) is 0 Å². The highest BCUT2D eigenvalue weighted by molar-refractivity contribution is 9.11. The average Bonchev–Trinajstić information content (AvgIpc) is 2.32. The third-order valence-corrected chi connectivity index (χ3v) is 2.96. The van der Waals surface area contributed by atoms with Gasteiger partial charge in [0.05, 0.1) is 5.69 Å². The molecule has 5 heteroatoms. The van der Waals surface area contributed by atoms with Crippen molar-refractivity contribution in [3.8, 4) is 0 Å². The summed E-state index contributed by atoms with van der Waals surface area (Å²) in [5, 5.41) is 12.0. The van der Waals surface area contributed by atoms with Crippen LogP contribution in [0.3, 0.4) is 0 Å². The predicted octanol–water partition coefficient (Wildman–Crippen LogP) is 2.20. The van der Waals surface area contributed by atoms with Gasteiger partial charge in [0.2, 0.25) is 0 Å². The first-order valence-electron chi connectivity index (χ1n) is 3.57. The average molecular weight is 307 g/mol. The number of aliphatic hydroxyl groups excluding tert-OH is 1. The third-order valence-electron chi connectivity index (χ3n) is 1.88. The Kier molecular flexibility index (Phi) is 2.17. The number of fused-ring (bicyclic) bond motifs is 1. The highest BCUT2D eigenvalue weighted by atomic mass is 79.9. The van der Waals surface area contributed by atoms with E-state index in [1.54, 1.807) is 6.07 Å². The van der Waals surface area contributed by atoms with E-state index in [0.717, 1.165) is 8.95 Å². The number of anilines is 1. The molecule has 0 radical (unpaired) electrons. The van der Waals surface area contributed by atoms with Crippen LogP contribution in [0, 0.1) is 0 Å². The number of rotatable bonds is 0. The second kappa shape index (κ2) is 3.08. The van der Waals surface area contributed by atoms with Gasteiger partial charge in [-0.1, -0.05) is 15.9 Å². The molecule has 1 atom stereocenters. The van der Waals surface area contributed by atoms with Crippen LogP contribution in [0.5, 0.6) is 0 Å². The molecule has 68 valence electrons. The molecule has 1 aromatic carbocycles. The molecule has 2 N–H and O–H groups in total. The maximum Gasteiger partial charge on any atom is 0.257 e. The van der Waals surface area contributed by atoms with Crippen molar-refractivity contribution in [2.45, 2.75) is 6.10 Å². The quantitative estimate of drug-likeness (QED) is 0.772. The normalized spacial score (nSPS) is 19.9. The van der Waals surface area contributed by atoms with E-state index in [-0.39, 0.29) is 5.91 Å². The third kappa shape index (κ3) is 1.41. The Labute approximate surface area is 91.4 Å². The molecule has 0 bridgehead atoms. The van der Waals surface area contributed by atoms with E-state index >= 15 is 0 Å². The van der Waals surface area contributed by atoms with Crippen molar-refractivity contribution in [1.29, 1.82) is 0 Å². The van der Waals surface area contributed by atoms with Gasteiger partial charge in [0.15, 0.2) is 6.10 Å². The fourth-order valence-electron chi connectivity index (χ4n) is 1.27. The van der Waals surface area contributed by atoms with Crippen LogP contribution in [0.4, 0.5) is 5.69 Å². The van der Waals surface area contributed by atoms with Gasteiger partial charge in [-0.05, 0) is 28.1 Å². The minimum absolute atomic E-state index is 0.381. The largest absolute Gasteiger partial charge is 0.378 e. The molecule has 1 aromatic rings. The number of amides is 1. The van der Waals surface area contributed by atoms with E-state index in [9.17, 15) is 9.90 Å². The van der Waals surface area contributed by atoms with E-state index in [1.165, 1.54) is 0 Å². The molecule has 2 rings (SSSR count). The number of nitrogens with one attached hydrogen (secondary N) is 1. The Morgan fingerprint density at radius 1 is 1.38 bits per heavy atom. The van der Waals surface area contributed by atoms with Crippen LogP contribution in [-0.4, -0.2) is 11.0 Å². The van der Waals surface area contributed by atoms with Crippen molar-refractivity contribution < 1.29 is 9.90 Å². The fourth-order valence-corrected chi connectivity index (χ4v) is 2.63. The topological polar surface area (TPSA) is 49.3 Å². The van der Waals surface area contributed by atoms with E-state index < -0.39 is 6.10 Å². The molecule has 1 amide bonds. The minimum Gasteiger partial charge on any atom is -0.378 e. The van der Waals surface area contributed by atoms with Gasteiger partial charge in [-0.15, -0.1) is 0 Å². The summed E-state index contributed by atoms with van der Waals surface area (Å²) in [6.07, 6.45) is -1.05. The van der Waals surface area contributed by atoms with Crippen LogP contribution in [0.1, 0.15) is 11.7 Å². The van der Waals surface area contributed by atoms with Crippen molar-refractivity contribution in [3.05, 3.63) is 26.6 Å². The minimum atomic E-state index is -1.05. The number of carbonyl (C=O) groups excluding carboxylic acids is 1. The van der Waals surface area contributed by atoms with Crippen LogP contribution in [0.15, 0.2) is 21.1 Å². The molecule has 1 aliphatic heterocycles. The van der Waals surface area contributed by atoms with Crippen LogP contribution < -0.4 is 5.32 Å². The second-order valence-electron chi connectivity index (χ2n) is 2.74. The first kappa shape index (κ1) is 9.18. The highest BCUT2D eigenvalue weighted by Gasteiger charge is 2.30. The van der Waals surface area contributed by atoms with Crippen LogP contribution >= 0.6 is 31.9 Å². The molecule has 0 aromatic heterocycles. The summed E-state index contributed by atoms with van der Waals surface area (Å²) in [6.45, 7) is 0. The summed E-state index contributed by atoms with van der Waals surface area (Å²) < 4.78 is 1.59. The Bertz CT molecular complexity index is 392. The standard InChI is InChI=1S/C8H5Br2NO2/c9-3-1-4-6(5(10)2-3)11-8(13)7(4)12/h1-2,7,12H,(H,11,13). The summed E-state index contributed by atoms with van der Waals surface area (Å²) in [5.74, 6) is -0.381. The summed E-state index contributed by atoms with van der Waals surface area (Å²) in [5.41, 5.74) is 1.26. The molecule has 1 unspecified atom stereocenters. The van der Waals surface area contributed by atoms with E-state index in [0.29, 0.717) is 11.3 Å². The second-order valence-corrected chi connectivity index (χ2v) is 4.51. The number of hydrogen-bond donors (Lipinski definition) is 2. The Balaban J connectivity index is 2.63. The summed E-state index contributed by atoms with van der Waals surface area (Å²) in [7, 11) is 0. The van der Waals surface area contributed by atoms with E-state index in [4.69, 9.17) is 0 Å². The summed E-state index contributed by atoms with van der Waals surface area (Å²) >= 11 is 6.58. The molecule has 0 saturated heterocycles. The zero-order valence-electron chi connectivity index (χ0n) is 6.34. The van der Waals surface area contributed by atoms with Gasteiger partial charge in [0, 0.05) is 14.5 Å². The number of halogens is 2. The molecule has 0 spiro atoms. The van der Waals surface area contributed by atoms with Crippen molar-refractivity contribution in [2.24, 2.45) is 0 Å². The molecular weight excluding hydrogens is 302 g/mol. The van der Waals surface area contributed by atoms with Gasteiger partial charge in [0.1, 0.15) is 0 Å². The number of carbonyl (C=O) groups is 1. The van der Waals surface area contributed by atoms with Gasteiger partial charge >= 0.3 is 0 Å². The Morgan fingerprint density at radius 2 is 2.08 bits per heavy atom. The SMILES string of the molecule is O=C1Nc2c(Br)cc(Br)cc2C1O. The van der Waals surface area contributed by atoms with Crippen LogP contribution in [-0.2, 0) is 4.79 Å². The molecule has 3 nitrogen and oxygen atoms in total. The lowest BCUT2D eigenvalue weighted by molar-refractivity contribution is -0.123. The highest BCUT2D eigenvalue weighted by Crippen LogP contribution is 2.38. The molecule has 1 aliphatic rings. The van der Waals surface area contributed by atoms with Crippen molar-refractivity contribution >= 4 is 43.5 Å². The van der Waals surface area contributed by atoms with Crippen molar-refractivity contribution in [3.63, 3.8) is 0 Å². The monoisotopic (exact) mass is 305 g/mol. The molecule has 0 saturated carbocycles. The summed E-state index contributed by atoms with van der Waals surface area (Å²) in [6, 6.07) is 3.54. The first-order chi connectivity index (χ1) is 6.09. The smallest absolute Gasteiger partial charge is 0.257 e. The van der Waals surface area contributed by atoms with E-state index in [2.05, 4.69) is 37.2 Å². The lowest BCUT2D eigenvalue weighted by Crippen LogP contribution is -2.10. The fraction of sp³-hybridized carbons (Fsp3) is 0.125. The zero-order valence-corrected chi connectivity index (χ0v) is 9.52. The lowest BCUT2D eigenvalue weighted by atomic mass is 10.1. The lowest BCUT2D eigenvalue weighted by Gasteiger charge is -2.03. The molecule has 13 heavy (non-hydrogen) atoms. The molecular formula is C8H5Br2NO2. The van der Waals surface area contributed by atoms with Gasteiger partial charge in [-0.3, -0.25) is 4.79 Å². The Hall–Kier alpha value is -0.390. The summed E-state index contributed by atoms with van der Waals surface area (Å²) in [4.78, 5) is 11.1. The van der Waals surface area contributed by atoms with Crippen molar-refractivity contribution in [1.82, 2.24) is 0 Å². The Morgan fingerprint density at radius 3 is 2.77 bits per heavy atom. The van der Waals surface area contributed by atoms with Crippen LogP contribution in [0.2, 0.25) is 0 Å². The van der Waals surface area contributed by atoms with Gasteiger partial charge < -0.3 is 10.4 Å². The van der Waals surface area contributed by atoms with Gasteiger partial charge in [-0.25, -0.2) is 0 Å².